The molecule has 0 saturated carbocycles. The summed E-state index contributed by atoms with van der Waals surface area (Å²) in [5, 5.41) is 9.85. The maximum Gasteiger partial charge on any atom is 0.351 e. The van der Waals surface area contributed by atoms with Gasteiger partial charge >= 0.3 is 5.69 Å². The average Bonchev–Trinajstić information content (AvgIpc) is 3.04. The van der Waals surface area contributed by atoms with Crippen LogP contribution >= 0.6 is 0 Å². The molecule has 0 bridgehead atoms. The van der Waals surface area contributed by atoms with Gasteiger partial charge in [0.05, 0.1) is 12.3 Å². The van der Waals surface area contributed by atoms with Crippen molar-refractivity contribution in [3.05, 3.63) is 57.9 Å². The van der Waals surface area contributed by atoms with Crippen molar-refractivity contribution in [2.45, 2.75) is 39.0 Å². The molecule has 1 aromatic heterocycles. The molecule has 2 N–H and O–H groups in total. The van der Waals surface area contributed by atoms with E-state index in [0.29, 0.717) is 17.7 Å². The minimum atomic E-state index is -0.812. The van der Waals surface area contributed by atoms with Gasteiger partial charge in [-0.15, -0.1) is 0 Å². The van der Waals surface area contributed by atoms with Crippen molar-refractivity contribution in [3.63, 3.8) is 0 Å². The summed E-state index contributed by atoms with van der Waals surface area (Å²) in [6.07, 6.45) is 1.85. The lowest BCUT2D eigenvalue weighted by Gasteiger charge is -2.15. The zero-order valence-corrected chi connectivity index (χ0v) is 14.5. The van der Waals surface area contributed by atoms with E-state index < -0.39 is 29.5 Å². The number of rotatable bonds is 4. The van der Waals surface area contributed by atoms with Gasteiger partial charge in [-0.1, -0.05) is 12.1 Å². The summed E-state index contributed by atoms with van der Waals surface area (Å²) in [6.45, 7) is 3.52. The number of hydrogen-bond acceptors (Lipinski definition) is 5. The molecule has 1 aliphatic heterocycles. The first-order valence-corrected chi connectivity index (χ1v) is 8.26. The van der Waals surface area contributed by atoms with Gasteiger partial charge < -0.3 is 15.5 Å². The van der Waals surface area contributed by atoms with Crippen LogP contribution in [0.2, 0.25) is 0 Å². The topological polar surface area (TPSA) is 97.1 Å². The maximum atomic E-state index is 14.3. The number of nitrogens with one attached hydrogen (secondary N) is 2. The summed E-state index contributed by atoms with van der Waals surface area (Å²) in [4.78, 5) is 28.0. The first-order valence-electron chi connectivity index (χ1n) is 8.26. The number of ether oxygens (including phenoxy) is 1. The van der Waals surface area contributed by atoms with Gasteiger partial charge in [0.2, 0.25) is 0 Å². The Balaban J connectivity index is 1.79. The fourth-order valence-electron chi connectivity index (χ4n) is 2.78. The van der Waals surface area contributed by atoms with Gasteiger partial charge in [0.15, 0.2) is 11.6 Å². The minimum absolute atomic E-state index is 0.00177. The van der Waals surface area contributed by atoms with Crippen LogP contribution in [0, 0.1) is 11.2 Å². The normalized spacial score (nSPS) is 19.3. The first kappa shape index (κ1) is 17.9. The smallest absolute Gasteiger partial charge is 0.351 e. The van der Waals surface area contributed by atoms with Gasteiger partial charge in [0.25, 0.3) is 5.91 Å². The summed E-state index contributed by atoms with van der Waals surface area (Å²) < 4.78 is 21.0. The predicted molar refractivity (Wildman–Crippen MR) is 94.2 cm³/mol. The quantitative estimate of drug-likeness (QED) is 0.821. The van der Waals surface area contributed by atoms with E-state index in [2.05, 4.69) is 10.3 Å². The van der Waals surface area contributed by atoms with Crippen molar-refractivity contribution in [2.24, 2.45) is 0 Å². The number of nitrogens with zero attached hydrogens (tertiary/aromatic N) is 2. The van der Waals surface area contributed by atoms with Crippen LogP contribution in [0.1, 0.15) is 48.8 Å². The predicted octanol–water partition coefficient (Wildman–Crippen LogP) is 2.72. The number of aromatic nitrogens is 2. The van der Waals surface area contributed by atoms with Gasteiger partial charge in [-0.2, -0.15) is 4.98 Å². The summed E-state index contributed by atoms with van der Waals surface area (Å²) in [5.74, 6) is -1.82. The van der Waals surface area contributed by atoms with E-state index in [9.17, 15) is 14.0 Å². The summed E-state index contributed by atoms with van der Waals surface area (Å²) in [5.41, 5.74) is 0.639. The Kier molecular flexibility index (Phi) is 4.94. The Morgan fingerprint density at radius 1 is 1.31 bits per heavy atom. The molecule has 1 saturated heterocycles. The van der Waals surface area contributed by atoms with E-state index in [1.54, 1.807) is 19.1 Å². The molecular formula is C18H19FN4O3. The van der Waals surface area contributed by atoms with E-state index in [1.807, 2.05) is 6.92 Å². The van der Waals surface area contributed by atoms with Gasteiger partial charge in [-0.3, -0.25) is 9.36 Å². The van der Waals surface area contributed by atoms with Crippen LogP contribution in [-0.2, 0) is 4.74 Å². The molecular weight excluding hydrogens is 339 g/mol. The molecule has 0 aliphatic carbocycles. The number of hydrogen-bond donors (Lipinski definition) is 2. The monoisotopic (exact) mass is 358 g/mol. The summed E-state index contributed by atoms with van der Waals surface area (Å²) in [7, 11) is 0. The van der Waals surface area contributed by atoms with Crippen LogP contribution in [-0.4, -0.2) is 27.3 Å². The van der Waals surface area contributed by atoms with Crippen LogP contribution in [0.4, 0.5) is 10.2 Å². The average molecular weight is 358 g/mol. The molecule has 1 aliphatic rings. The zero-order chi connectivity index (χ0) is 18.8. The van der Waals surface area contributed by atoms with Crippen molar-refractivity contribution >= 4 is 17.4 Å². The van der Waals surface area contributed by atoms with Crippen molar-refractivity contribution in [1.82, 2.24) is 9.55 Å². The van der Waals surface area contributed by atoms with Gasteiger partial charge in [-0.05, 0) is 44.4 Å². The molecule has 2 aromatic rings. The Bertz CT molecular complexity index is 908. The Hall–Kier alpha value is -2.87. The van der Waals surface area contributed by atoms with E-state index in [-0.39, 0.29) is 11.7 Å². The lowest BCUT2D eigenvalue weighted by molar-refractivity contribution is 0.00747. The highest BCUT2D eigenvalue weighted by Gasteiger charge is 2.25. The second kappa shape index (κ2) is 7.17. The number of halogens is 1. The lowest BCUT2D eigenvalue weighted by Crippen LogP contribution is -2.29. The largest absolute Gasteiger partial charge is 0.355 e. The van der Waals surface area contributed by atoms with Crippen molar-refractivity contribution in [3.8, 4) is 0 Å². The van der Waals surface area contributed by atoms with Crippen LogP contribution in [0.15, 0.2) is 35.3 Å². The second-order valence-corrected chi connectivity index (χ2v) is 6.26. The molecule has 2 heterocycles. The van der Waals surface area contributed by atoms with Crippen LogP contribution in [0.3, 0.4) is 0 Å². The first-order chi connectivity index (χ1) is 12.3. The molecule has 26 heavy (non-hydrogen) atoms. The van der Waals surface area contributed by atoms with E-state index in [4.69, 9.17) is 10.1 Å². The third-order valence-corrected chi connectivity index (χ3v) is 4.24. The molecule has 7 nitrogen and oxygen atoms in total. The second-order valence-electron chi connectivity index (χ2n) is 6.26. The summed E-state index contributed by atoms with van der Waals surface area (Å²) >= 11 is 0. The summed E-state index contributed by atoms with van der Waals surface area (Å²) in [6, 6.07) is 6.29. The number of amides is 1. The third-order valence-electron chi connectivity index (χ3n) is 4.24. The fourth-order valence-corrected chi connectivity index (χ4v) is 2.78. The van der Waals surface area contributed by atoms with E-state index in [1.165, 1.54) is 12.1 Å². The Labute approximate surface area is 149 Å². The highest BCUT2D eigenvalue weighted by atomic mass is 19.1. The van der Waals surface area contributed by atoms with Crippen LogP contribution < -0.4 is 11.0 Å². The van der Waals surface area contributed by atoms with E-state index >= 15 is 0 Å². The van der Waals surface area contributed by atoms with Crippen LogP contribution in [0.5, 0.6) is 0 Å². The van der Waals surface area contributed by atoms with Crippen molar-refractivity contribution in [1.29, 1.82) is 5.41 Å². The molecule has 1 aromatic carbocycles. The minimum Gasteiger partial charge on any atom is -0.355 e. The molecule has 2 atom stereocenters. The Morgan fingerprint density at radius 3 is 2.54 bits per heavy atom. The van der Waals surface area contributed by atoms with Crippen molar-refractivity contribution in [2.75, 3.05) is 5.32 Å². The highest BCUT2D eigenvalue weighted by Crippen LogP contribution is 2.27. The molecule has 0 radical (unpaired) electrons. The number of carbonyl (C=O) groups is 1. The molecule has 0 spiro atoms. The molecule has 8 heteroatoms. The highest BCUT2D eigenvalue weighted by molar-refractivity contribution is 6.04. The SMILES string of the molecule is CC(=N)c1ccc(C(=O)Nc2nc(=O)n([C@H]3CC[C@@H](C)O3)cc2F)cc1. The van der Waals surface area contributed by atoms with E-state index in [0.717, 1.165) is 17.2 Å². The van der Waals surface area contributed by atoms with Gasteiger partial charge in [0.1, 0.15) is 6.23 Å². The molecule has 1 fully saturated rings. The van der Waals surface area contributed by atoms with Gasteiger partial charge in [-0.25, -0.2) is 9.18 Å². The third kappa shape index (κ3) is 3.70. The molecule has 0 unspecified atom stereocenters. The number of benzene rings is 1. The van der Waals surface area contributed by atoms with Gasteiger partial charge in [0, 0.05) is 11.3 Å². The number of carbonyl (C=O) groups excluding carboxylic acids is 1. The standard InChI is InChI=1S/C18H19FN4O3/c1-10-3-8-15(26-10)23-9-14(19)16(22-18(23)25)21-17(24)13-6-4-12(5-7-13)11(2)20/h4-7,9-10,15,20H,3,8H2,1-2H3,(H,21,22,24,25)/t10-,15-/m1/s1. The fraction of sp³-hybridized carbons (Fsp3) is 0.333. The maximum absolute atomic E-state index is 14.3. The zero-order valence-electron chi connectivity index (χ0n) is 14.5. The van der Waals surface area contributed by atoms with Crippen molar-refractivity contribution < 1.29 is 13.9 Å². The molecule has 136 valence electrons. The molecule has 3 rings (SSSR count). The lowest BCUT2D eigenvalue weighted by atomic mass is 10.1. The number of anilines is 1. The Morgan fingerprint density at radius 2 is 1.96 bits per heavy atom. The molecule has 1 amide bonds. The van der Waals surface area contributed by atoms with Crippen LogP contribution in [0.25, 0.3) is 0 Å².